The summed E-state index contributed by atoms with van der Waals surface area (Å²) in [6.07, 6.45) is 1.61. The van der Waals surface area contributed by atoms with Gasteiger partial charge in [0, 0.05) is 24.6 Å². The number of nitrogens with one attached hydrogen (secondary N) is 1. The van der Waals surface area contributed by atoms with Crippen molar-refractivity contribution in [3.63, 3.8) is 0 Å². The molecule has 0 atom stereocenters. The average Bonchev–Trinajstić information content (AvgIpc) is 2.90. The van der Waals surface area contributed by atoms with Crippen LogP contribution in [0, 0.1) is 5.82 Å². The molecule has 1 aliphatic rings. The third-order valence-electron chi connectivity index (χ3n) is 4.71. The molecule has 1 heterocycles. The number of benzene rings is 1. The van der Waals surface area contributed by atoms with E-state index in [0.29, 0.717) is 5.56 Å². The first kappa shape index (κ1) is 18.3. The van der Waals surface area contributed by atoms with E-state index in [1.807, 2.05) is 30.6 Å². The second-order valence-electron chi connectivity index (χ2n) is 6.96. The van der Waals surface area contributed by atoms with Gasteiger partial charge in [-0.3, -0.25) is 4.79 Å². The summed E-state index contributed by atoms with van der Waals surface area (Å²) in [6.45, 7) is 0.736. The molecule has 2 aromatic rings. The number of methoxy groups -OCH3 is 1. The number of carbonyl (C=O) groups excluding carboxylic acids is 1. The van der Waals surface area contributed by atoms with Gasteiger partial charge in [0.25, 0.3) is 5.91 Å². The normalized spacial score (nSPS) is 19.3. The molecule has 0 unspecified atom stereocenters. The van der Waals surface area contributed by atoms with E-state index < -0.39 is 5.82 Å². The van der Waals surface area contributed by atoms with Crippen molar-refractivity contribution in [2.24, 2.45) is 7.05 Å². The first-order valence-corrected chi connectivity index (χ1v) is 8.56. The van der Waals surface area contributed by atoms with Gasteiger partial charge in [0.05, 0.1) is 13.7 Å². The van der Waals surface area contributed by atoms with Crippen LogP contribution in [0.3, 0.4) is 0 Å². The van der Waals surface area contributed by atoms with Gasteiger partial charge in [0.2, 0.25) is 0 Å². The molecular weight excluding hydrogens is 337 g/mol. The van der Waals surface area contributed by atoms with Gasteiger partial charge in [0.1, 0.15) is 11.6 Å². The summed E-state index contributed by atoms with van der Waals surface area (Å²) in [5, 5.41) is 11.5. The lowest BCUT2D eigenvalue weighted by Crippen LogP contribution is -2.44. The standard InChI is InChI=1S/C18H24FN5O2/c1-23(2)10-16-21-22-17(24(16)3)12-7-13(8-12)20-18(25)11-5-6-15(26-4)14(19)9-11/h5-6,9,12-13H,7-8,10H2,1-4H3,(H,20,25). The highest BCUT2D eigenvalue weighted by Gasteiger charge is 2.35. The van der Waals surface area contributed by atoms with E-state index in [2.05, 4.69) is 15.5 Å². The Morgan fingerprint density at radius 3 is 2.73 bits per heavy atom. The summed E-state index contributed by atoms with van der Waals surface area (Å²) in [6, 6.07) is 4.27. The number of hydrogen-bond acceptors (Lipinski definition) is 5. The lowest BCUT2D eigenvalue weighted by molar-refractivity contribution is 0.0906. The molecule has 8 heteroatoms. The van der Waals surface area contributed by atoms with Gasteiger partial charge < -0.3 is 19.5 Å². The van der Waals surface area contributed by atoms with Crippen molar-refractivity contribution < 1.29 is 13.9 Å². The molecule has 1 aliphatic carbocycles. The van der Waals surface area contributed by atoms with E-state index in [4.69, 9.17) is 4.74 Å². The lowest BCUT2D eigenvalue weighted by atomic mass is 9.79. The van der Waals surface area contributed by atoms with Crippen LogP contribution in [0.4, 0.5) is 4.39 Å². The molecule has 1 aromatic heterocycles. The van der Waals surface area contributed by atoms with E-state index in [-0.39, 0.29) is 23.6 Å². The molecule has 3 rings (SSSR count). The maximum Gasteiger partial charge on any atom is 0.251 e. The second-order valence-corrected chi connectivity index (χ2v) is 6.96. The molecule has 1 N–H and O–H groups in total. The summed E-state index contributed by atoms with van der Waals surface area (Å²) < 4.78 is 20.6. The van der Waals surface area contributed by atoms with Crippen LogP contribution >= 0.6 is 0 Å². The maximum atomic E-state index is 13.7. The van der Waals surface area contributed by atoms with Gasteiger partial charge >= 0.3 is 0 Å². The monoisotopic (exact) mass is 361 g/mol. The molecule has 0 spiro atoms. The van der Waals surface area contributed by atoms with Crippen LogP contribution < -0.4 is 10.1 Å². The fourth-order valence-electron chi connectivity index (χ4n) is 3.17. The van der Waals surface area contributed by atoms with Crippen LogP contribution in [0.25, 0.3) is 0 Å². The van der Waals surface area contributed by atoms with E-state index in [1.165, 1.54) is 19.2 Å². The van der Waals surface area contributed by atoms with Gasteiger partial charge in [-0.25, -0.2) is 4.39 Å². The quantitative estimate of drug-likeness (QED) is 0.848. The molecule has 1 fully saturated rings. The Morgan fingerprint density at radius 2 is 2.12 bits per heavy atom. The van der Waals surface area contributed by atoms with E-state index in [9.17, 15) is 9.18 Å². The highest BCUT2D eigenvalue weighted by atomic mass is 19.1. The summed E-state index contributed by atoms with van der Waals surface area (Å²) in [5.41, 5.74) is 0.290. The van der Waals surface area contributed by atoms with Crippen LogP contribution in [0.1, 0.15) is 40.8 Å². The van der Waals surface area contributed by atoms with E-state index >= 15 is 0 Å². The Morgan fingerprint density at radius 1 is 1.38 bits per heavy atom. The largest absolute Gasteiger partial charge is 0.494 e. The number of rotatable bonds is 6. The number of amides is 1. The van der Waals surface area contributed by atoms with E-state index in [0.717, 1.165) is 31.0 Å². The summed E-state index contributed by atoms with van der Waals surface area (Å²) in [5.74, 6) is 1.46. The van der Waals surface area contributed by atoms with Crippen molar-refractivity contribution in [2.45, 2.75) is 31.3 Å². The average molecular weight is 361 g/mol. The van der Waals surface area contributed by atoms with Crippen molar-refractivity contribution in [3.8, 4) is 5.75 Å². The Hall–Kier alpha value is -2.48. The third-order valence-corrected chi connectivity index (χ3v) is 4.71. The van der Waals surface area contributed by atoms with Gasteiger partial charge in [-0.2, -0.15) is 0 Å². The zero-order chi connectivity index (χ0) is 18.8. The number of aromatic nitrogens is 3. The molecule has 0 saturated heterocycles. The number of hydrogen-bond donors (Lipinski definition) is 1. The van der Waals surface area contributed by atoms with Gasteiger partial charge in [-0.05, 0) is 45.1 Å². The van der Waals surface area contributed by atoms with Gasteiger partial charge in [-0.1, -0.05) is 0 Å². The molecule has 0 aliphatic heterocycles. The Balaban J connectivity index is 1.56. The van der Waals surface area contributed by atoms with Crippen molar-refractivity contribution in [3.05, 3.63) is 41.2 Å². The number of ether oxygens (including phenoxy) is 1. The number of halogens is 1. The molecule has 1 amide bonds. The molecule has 0 bridgehead atoms. The van der Waals surface area contributed by atoms with Crippen LogP contribution in [0.2, 0.25) is 0 Å². The first-order valence-electron chi connectivity index (χ1n) is 8.56. The predicted molar refractivity (Wildman–Crippen MR) is 94.6 cm³/mol. The summed E-state index contributed by atoms with van der Waals surface area (Å²) in [7, 11) is 7.35. The minimum absolute atomic E-state index is 0.0617. The van der Waals surface area contributed by atoms with Crippen molar-refractivity contribution in [1.29, 1.82) is 0 Å². The number of carbonyl (C=O) groups is 1. The highest BCUT2D eigenvalue weighted by molar-refractivity contribution is 5.94. The van der Waals surface area contributed by atoms with Crippen molar-refractivity contribution in [1.82, 2.24) is 25.0 Å². The minimum atomic E-state index is -0.542. The van der Waals surface area contributed by atoms with Crippen LogP contribution in [0.15, 0.2) is 18.2 Å². The molecule has 26 heavy (non-hydrogen) atoms. The molecule has 1 aromatic carbocycles. The Bertz CT molecular complexity index is 799. The molecule has 140 valence electrons. The zero-order valence-electron chi connectivity index (χ0n) is 15.5. The second kappa shape index (κ2) is 7.41. The smallest absolute Gasteiger partial charge is 0.251 e. The lowest BCUT2D eigenvalue weighted by Gasteiger charge is -2.35. The Labute approximate surface area is 152 Å². The summed E-state index contributed by atoms with van der Waals surface area (Å²) >= 11 is 0. The zero-order valence-corrected chi connectivity index (χ0v) is 15.5. The van der Waals surface area contributed by atoms with E-state index in [1.54, 1.807) is 6.07 Å². The highest BCUT2D eigenvalue weighted by Crippen LogP contribution is 2.36. The minimum Gasteiger partial charge on any atom is -0.494 e. The van der Waals surface area contributed by atoms with Gasteiger partial charge in [-0.15, -0.1) is 10.2 Å². The molecular formula is C18H24FN5O2. The van der Waals surface area contributed by atoms with Crippen molar-refractivity contribution >= 4 is 5.91 Å². The summed E-state index contributed by atoms with van der Waals surface area (Å²) in [4.78, 5) is 14.3. The molecule has 0 radical (unpaired) electrons. The fourth-order valence-corrected chi connectivity index (χ4v) is 3.17. The fraction of sp³-hybridized carbons (Fsp3) is 0.500. The number of nitrogens with zero attached hydrogens (tertiary/aromatic N) is 4. The Kier molecular flexibility index (Phi) is 5.22. The van der Waals surface area contributed by atoms with Crippen molar-refractivity contribution in [2.75, 3.05) is 21.2 Å². The maximum absolute atomic E-state index is 13.7. The third kappa shape index (κ3) is 3.70. The topological polar surface area (TPSA) is 72.3 Å². The first-order chi connectivity index (χ1) is 12.4. The molecule has 1 saturated carbocycles. The molecule has 7 nitrogen and oxygen atoms in total. The van der Waals surface area contributed by atoms with Crippen LogP contribution in [0.5, 0.6) is 5.75 Å². The predicted octanol–water partition coefficient (Wildman–Crippen LogP) is 1.70. The van der Waals surface area contributed by atoms with Crippen LogP contribution in [-0.4, -0.2) is 52.8 Å². The van der Waals surface area contributed by atoms with Gasteiger partial charge in [0.15, 0.2) is 11.6 Å². The van der Waals surface area contributed by atoms with Crippen LogP contribution in [-0.2, 0) is 13.6 Å². The SMILES string of the molecule is COc1ccc(C(=O)NC2CC(c3nnc(CN(C)C)n3C)C2)cc1F.